The SMILES string of the molecule is Cc1c([C@H](C)NC(=O)Nc2cc3ccc2o3)oc2ccccc12. The van der Waals surface area contributed by atoms with Crippen LogP contribution in [-0.4, -0.2) is 6.03 Å². The Bertz CT molecular complexity index is 983. The molecule has 0 saturated heterocycles. The number of para-hydroxylation sites is 1. The highest BCUT2D eigenvalue weighted by Crippen LogP contribution is 2.30. The van der Waals surface area contributed by atoms with E-state index in [0.717, 1.165) is 27.9 Å². The molecule has 3 heterocycles. The molecule has 23 heavy (non-hydrogen) atoms. The van der Waals surface area contributed by atoms with Gasteiger partial charge in [0.05, 0.1) is 11.7 Å². The van der Waals surface area contributed by atoms with E-state index in [2.05, 4.69) is 10.6 Å². The number of rotatable bonds is 3. The zero-order valence-electron chi connectivity index (χ0n) is 12.8. The van der Waals surface area contributed by atoms with Crippen LogP contribution in [0.5, 0.6) is 0 Å². The van der Waals surface area contributed by atoms with Gasteiger partial charge in [0.1, 0.15) is 16.9 Å². The molecule has 5 nitrogen and oxygen atoms in total. The molecule has 5 heteroatoms. The molecule has 0 saturated carbocycles. The van der Waals surface area contributed by atoms with E-state index in [0.29, 0.717) is 11.3 Å². The van der Waals surface area contributed by atoms with Crippen LogP contribution in [0.25, 0.3) is 22.1 Å². The first-order valence-electron chi connectivity index (χ1n) is 7.49. The Morgan fingerprint density at radius 2 is 1.91 bits per heavy atom. The van der Waals surface area contributed by atoms with Gasteiger partial charge in [0.15, 0.2) is 5.58 Å². The molecule has 2 bridgehead atoms. The number of amides is 2. The van der Waals surface area contributed by atoms with Crippen molar-refractivity contribution >= 4 is 33.9 Å². The van der Waals surface area contributed by atoms with Crippen LogP contribution in [-0.2, 0) is 0 Å². The molecule has 0 aliphatic rings. The van der Waals surface area contributed by atoms with Gasteiger partial charge in [-0.15, -0.1) is 0 Å². The molecule has 0 spiro atoms. The van der Waals surface area contributed by atoms with Crippen LogP contribution >= 0.6 is 0 Å². The lowest BCUT2D eigenvalue weighted by atomic mass is 10.1. The fourth-order valence-electron chi connectivity index (χ4n) is 2.91. The van der Waals surface area contributed by atoms with Crippen molar-refractivity contribution in [3.63, 3.8) is 0 Å². The van der Waals surface area contributed by atoms with Crippen molar-refractivity contribution in [1.82, 2.24) is 5.32 Å². The summed E-state index contributed by atoms with van der Waals surface area (Å²) < 4.78 is 11.3. The lowest BCUT2D eigenvalue weighted by Gasteiger charge is -2.13. The fourth-order valence-corrected chi connectivity index (χ4v) is 2.91. The molecule has 2 N–H and O–H groups in total. The molecule has 0 fully saturated rings. The fraction of sp³-hybridized carbons (Fsp3) is 0.167. The lowest BCUT2D eigenvalue weighted by molar-refractivity contribution is 0.248. The van der Waals surface area contributed by atoms with E-state index >= 15 is 0 Å². The van der Waals surface area contributed by atoms with Gasteiger partial charge in [-0.25, -0.2) is 4.79 Å². The monoisotopic (exact) mass is 308 g/mol. The highest BCUT2D eigenvalue weighted by Gasteiger charge is 2.19. The van der Waals surface area contributed by atoms with Gasteiger partial charge in [0.25, 0.3) is 0 Å². The number of urea groups is 1. The average molecular weight is 308 g/mol. The van der Waals surface area contributed by atoms with Crippen LogP contribution in [0.2, 0.25) is 0 Å². The molecular formula is C18H16N2O3. The maximum atomic E-state index is 12.2. The van der Waals surface area contributed by atoms with E-state index in [9.17, 15) is 4.79 Å². The number of fused-ring (bicyclic) bond motifs is 3. The summed E-state index contributed by atoms with van der Waals surface area (Å²) in [6, 6.07) is 12.8. The molecule has 116 valence electrons. The third-order valence-electron chi connectivity index (χ3n) is 4.05. The molecule has 0 unspecified atom stereocenters. The standard InChI is InChI=1S/C18H16N2O3/c1-10-13-5-3-4-6-15(13)23-17(10)11(2)19-18(21)20-14-9-12-7-8-16(14)22-12/h3-9,11H,1-2H3,(H2,19,20,21)/t11-/m0/s1. The summed E-state index contributed by atoms with van der Waals surface area (Å²) in [6.45, 7) is 3.90. The van der Waals surface area contributed by atoms with Crippen molar-refractivity contribution in [2.75, 3.05) is 5.32 Å². The second kappa shape index (κ2) is 5.05. The van der Waals surface area contributed by atoms with Crippen molar-refractivity contribution in [2.45, 2.75) is 19.9 Å². The number of carbonyl (C=O) groups is 1. The Kier molecular flexibility index (Phi) is 3.01. The van der Waals surface area contributed by atoms with E-state index in [1.54, 1.807) is 6.07 Å². The lowest BCUT2D eigenvalue weighted by Crippen LogP contribution is -2.31. The molecule has 4 rings (SSSR count). The Balaban J connectivity index is 1.51. The topological polar surface area (TPSA) is 67.4 Å². The van der Waals surface area contributed by atoms with Crippen LogP contribution in [0.4, 0.5) is 10.5 Å². The molecular weight excluding hydrogens is 292 g/mol. The Morgan fingerprint density at radius 3 is 2.61 bits per heavy atom. The zero-order chi connectivity index (χ0) is 16.0. The minimum Gasteiger partial charge on any atom is -0.459 e. The first kappa shape index (κ1) is 13.7. The van der Waals surface area contributed by atoms with Gasteiger partial charge < -0.3 is 19.5 Å². The summed E-state index contributed by atoms with van der Waals surface area (Å²) in [5.74, 6) is 0.765. The van der Waals surface area contributed by atoms with Crippen LogP contribution in [0.1, 0.15) is 24.3 Å². The number of nitrogens with one attached hydrogen (secondary N) is 2. The molecule has 3 aromatic heterocycles. The highest BCUT2D eigenvalue weighted by molar-refractivity contribution is 5.96. The number of hydrogen-bond donors (Lipinski definition) is 2. The van der Waals surface area contributed by atoms with Crippen LogP contribution < -0.4 is 10.6 Å². The summed E-state index contributed by atoms with van der Waals surface area (Å²) in [7, 11) is 0. The molecule has 2 amide bonds. The van der Waals surface area contributed by atoms with Gasteiger partial charge in [0.2, 0.25) is 0 Å². The van der Waals surface area contributed by atoms with Crippen molar-refractivity contribution in [3.05, 3.63) is 53.8 Å². The van der Waals surface area contributed by atoms with Gasteiger partial charge in [-0.3, -0.25) is 0 Å². The molecule has 0 radical (unpaired) electrons. The predicted molar refractivity (Wildman–Crippen MR) is 88.9 cm³/mol. The maximum Gasteiger partial charge on any atom is 0.319 e. The van der Waals surface area contributed by atoms with Crippen molar-refractivity contribution in [2.24, 2.45) is 0 Å². The van der Waals surface area contributed by atoms with Gasteiger partial charge >= 0.3 is 6.03 Å². The molecule has 0 aliphatic heterocycles. The van der Waals surface area contributed by atoms with Gasteiger partial charge in [-0.2, -0.15) is 0 Å². The van der Waals surface area contributed by atoms with E-state index in [-0.39, 0.29) is 12.1 Å². The second-order valence-corrected chi connectivity index (χ2v) is 5.67. The van der Waals surface area contributed by atoms with Crippen molar-refractivity contribution in [1.29, 1.82) is 0 Å². The molecule has 4 aromatic rings. The average Bonchev–Trinajstić information content (AvgIpc) is 3.22. The first-order valence-corrected chi connectivity index (χ1v) is 7.49. The normalized spacial score (nSPS) is 12.8. The second-order valence-electron chi connectivity index (χ2n) is 5.67. The molecule has 1 aromatic carbocycles. The largest absolute Gasteiger partial charge is 0.459 e. The van der Waals surface area contributed by atoms with E-state index in [1.807, 2.05) is 50.2 Å². The van der Waals surface area contributed by atoms with Crippen LogP contribution in [0.15, 0.2) is 51.3 Å². The first-order chi connectivity index (χ1) is 11.1. The number of benzene rings is 2. The van der Waals surface area contributed by atoms with E-state index in [4.69, 9.17) is 8.83 Å². The van der Waals surface area contributed by atoms with Crippen LogP contribution in [0, 0.1) is 6.92 Å². The van der Waals surface area contributed by atoms with Gasteiger partial charge in [-0.1, -0.05) is 18.2 Å². The van der Waals surface area contributed by atoms with E-state index in [1.165, 1.54) is 0 Å². The summed E-state index contributed by atoms with van der Waals surface area (Å²) in [4.78, 5) is 12.2. The van der Waals surface area contributed by atoms with Crippen molar-refractivity contribution in [3.8, 4) is 0 Å². The van der Waals surface area contributed by atoms with Crippen LogP contribution in [0.3, 0.4) is 0 Å². The number of hydrogen-bond acceptors (Lipinski definition) is 3. The smallest absolute Gasteiger partial charge is 0.319 e. The third kappa shape index (κ3) is 2.30. The van der Waals surface area contributed by atoms with Gasteiger partial charge in [0, 0.05) is 17.0 Å². The number of carbonyl (C=O) groups excluding carboxylic acids is 1. The number of furan rings is 3. The summed E-state index contributed by atoms with van der Waals surface area (Å²) in [5.41, 5.74) is 3.96. The van der Waals surface area contributed by atoms with Gasteiger partial charge in [-0.05, 0) is 32.0 Å². The summed E-state index contributed by atoms with van der Waals surface area (Å²) >= 11 is 0. The highest BCUT2D eigenvalue weighted by atomic mass is 16.3. The quantitative estimate of drug-likeness (QED) is 0.571. The predicted octanol–water partition coefficient (Wildman–Crippen LogP) is 4.81. The molecule has 1 atom stereocenters. The zero-order valence-corrected chi connectivity index (χ0v) is 12.8. The summed E-state index contributed by atoms with van der Waals surface area (Å²) in [5, 5.41) is 6.76. The maximum absolute atomic E-state index is 12.2. The Labute approximate surface area is 132 Å². The Hall–Kier alpha value is -2.95. The molecule has 0 aliphatic carbocycles. The van der Waals surface area contributed by atoms with Crippen molar-refractivity contribution < 1.29 is 13.6 Å². The third-order valence-corrected chi connectivity index (χ3v) is 4.05. The van der Waals surface area contributed by atoms with E-state index < -0.39 is 0 Å². The Morgan fingerprint density at radius 1 is 1.09 bits per heavy atom. The minimum absolute atomic E-state index is 0.240. The number of anilines is 1. The number of aryl methyl sites for hydroxylation is 1. The minimum atomic E-state index is -0.291. The summed E-state index contributed by atoms with van der Waals surface area (Å²) in [6.07, 6.45) is 0.